The van der Waals surface area contributed by atoms with Gasteiger partial charge in [0.05, 0.1) is 13.2 Å². The Kier molecular flexibility index (Phi) is 3.40. The molecule has 1 aromatic rings. The van der Waals surface area contributed by atoms with E-state index in [0.717, 1.165) is 32.0 Å². The lowest BCUT2D eigenvalue weighted by Gasteiger charge is -2.29. The normalized spacial score (nSPS) is 24.1. The van der Waals surface area contributed by atoms with Gasteiger partial charge in [-0.1, -0.05) is 0 Å². The van der Waals surface area contributed by atoms with E-state index in [4.69, 9.17) is 10.5 Å². The van der Waals surface area contributed by atoms with E-state index in [9.17, 15) is 4.79 Å². The second-order valence-corrected chi connectivity index (χ2v) is 5.08. The van der Waals surface area contributed by atoms with Crippen molar-refractivity contribution in [3.05, 3.63) is 24.3 Å². The van der Waals surface area contributed by atoms with E-state index in [-0.39, 0.29) is 11.9 Å². The molecule has 1 atom stereocenters. The van der Waals surface area contributed by atoms with Gasteiger partial charge in [-0.2, -0.15) is 0 Å². The average molecular weight is 261 g/mol. The molecule has 19 heavy (non-hydrogen) atoms. The summed E-state index contributed by atoms with van der Waals surface area (Å²) in [6.45, 7) is 4.03. The molecule has 2 fully saturated rings. The fourth-order valence-electron chi connectivity index (χ4n) is 2.65. The number of nitrogens with two attached hydrogens (primary N) is 1. The number of carbonyl (C=O) groups is 1. The Bertz CT molecular complexity index is 454. The van der Waals surface area contributed by atoms with Gasteiger partial charge in [-0.05, 0) is 24.3 Å². The summed E-state index contributed by atoms with van der Waals surface area (Å²) in [4.78, 5) is 15.9. The van der Waals surface area contributed by atoms with Crippen LogP contribution in [-0.2, 0) is 9.53 Å². The van der Waals surface area contributed by atoms with E-state index in [1.54, 1.807) is 4.90 Å². The summed E-state index contributed by atoms with van der Waals surface area (Å²) >= 11 is 0. The highest BCUT2D eigenvalue weighted by Crippen LogP contribution is 2.24. The van der Waals surface area contributed by atoms with Crippen LogP contribution in [0.25, 0.3) is 0 Å². The van der Waals surface area contributed by atoms with Crippen molar-refractivity contribution in [1.29, 1.82) is 0 Å². The van der Waals surface area contributed by atoms with Crippen molar-refractivity contribution in [3.8, 4) is 0 Å². The average Bonchev–Trinajstić information content (AvgIpc) is 2.79. The third-order valence-electron chi connectivity index (χ3n) is 3.69. The summed E-state index contributed by atoms with van der Waals surface area (Å²) in [7, 11) is 0. The third kappa shape index (κ3) is 2.57. The number of nitrogens with zero attached hydrogens (tertiary/aromatic N) is 2. The molecule has 0 aliphatic carbocycles. The Morgan fingerprint density at radius 2 is 1.74 bits per heavy atom. The first-order chi connectivity index (χ1) is 9.24. The fraction of sp³-hybridized carbons (Fsp3) is 0.500. The van der Waals surface area contributed by atoms with Crippen LogP contribution in [-0.4, -0.2) is 44.8 Å². The maximum atomic E-state index is 11.8. The van der Waals surface area contributed by atoms with Crippen molar-refractivity contribution in [2.75, 3.05) is 42.6 Å². The van der Waals surface area contributed by atoms with Crippen molar-refractivity contribution in [2.24, 2.45) is 5.73 Å². The van der Waals surface area contributed by atoms with Gasteiger partial charge in [0.25, 0.3) is 0 Å². The number of hydrogen-bond donors (Lipinski definition) is 1. The number of anilines is 2. The molecule has 0 saturated carbocycles. The van der Waals surface area contributed by atoms with Gasteiger partial charge >= 0.3 is 0 Å². The Balaban J connectivity index is 1.73. The van der Waals surface area contributed by atoms with Gasteiger partial charge < -0.3 is 20.3 Å². The largest absolute Gasteiger partial charge is 0.378 e. The molecule has 3 rings (SSSR count). The van der Waals surface area contributed by atoms with E-state index in [2.05, 4.69) is 17.0 Å². The molecule has 1 amide bonds. The van der Waals surface area contributed by atoms with Crippen LogP contribution in [0.15, 0.2) is 24.3 Å². The molecule has 2 N–H and O–H groups in total. The van der Waals surface area contributed by atoms with Crippen molar-refractivity contribution in [2.45, 2.75) is 12.5 Å². The first kappa shape index (κ1) is 12.4. The van der Waals surface area contributed by atoms with Crippen LogP contribution in [0.5, 0.6) is 0 Å². The predicted octanol–water partition coefficient (Wildman–Crippen LogP) is 0.587. The molecule has 1 aromatic carbocycles. The van der Waals surface area contributed by atoms with Crippen molar-refractivity contribution >= 4 is 17.3 Å². The standard InChI is InChI=1S/C14H19N3O2/c15-11-9-14(18)17(10-11)13-3-1-12(2-4-13)16-5-7-19-8-6-16/h1-4,11H,5-10,15H2. The Morgan fingerprint density at radius 1 is 1.11 bits per heavy atom. The van der Waals surface area contributed by atoms with E-state index in [1.807, 2.05) is 12.1 Å². The highest BCUT2D eigenvalue weighted by atomic mass is 16.5. The zero-order chi connectivity index (χ0) is 13.2. The molecule has 5 nitrogen and oxygen atoms in total. The van der Waals surface area contributed by atoms with Gasteiger partial charge in [0.2, 0.25) is 5.91 Å². The van der Waals surface area contributed by atoms with Crippen LogP contribution in [0.1, 0.15) is 6.42 Å². The van der Waals surface area contributed by atoms with E-state index in [1.165, 1.54) is 5.69 Å². The Hall–Kier alpha value is -1.59. The first-order valence-electron chi connectivity index (χ1n) is 6.73. The number of morpholine rings is 1. The summed E-state index contributed by atoms with van der Waals surface area (Å²) in [5.74, 6) is 0.117. The van der Waals surface area contributed by atoms with Gasteiger partial charge in [0.15, 0.2) is 0 Å². The molecule has 0 spiro atoms. The van der Waals surface area contributed by atoms with Gasteiger partial charge in [-0.15, -0.1) is 0 Å². The van der Waals surface area contributed by atoms with Gasteiger partial charge in [-0.25, -0.2) is 0 Å². The highest BCUT2D eigenvalue weighted by Gasteiger charge is 2.27. The third-order valence-corrected chi connectivity index (χ3v) is 3.69. The van der Waals surface area contributed by atoms with Crippen LogP contribution in [0.3, 0.4) is 0 Å². The fourth-order valence-corrected chi connectivity index (χ4v) is 2.65. The van der Waals surface area contributed by atoms with Crippen LogP contribution in [0.4, 0.5) is 11.4 Å². The second kappa shape index (κ2) is 5.19. The molecule has 2 aliphatic rings. The van der Waals surface area contributed by atoms with E-state index < -0.39 is 0 Å². The van der Waals surface area contributed by atoms with Crippen LogP contribution >= 0.6 is 0 Å². The van der Waals surface area contributed by atoms with Gasteiger partial charge in [-0.3, -0.25) is 4.79 Å². The summed E-state index contributed by atoms with van der Waals surface area (Å²) in [6.07, 6.45) is 0.450. The molecule has 2 aliphatic heterocycles. The SMILES string of the molecule is NC1CC(=O)N(c2ccc(N3CCOCC3)cc2)C1. The second-order valence-electron chi connectivity index (χ2n) is 5.08. The highest BCUT2D eigenvalue weighted by molar-refractivity contribution is 5.96. The number of amides is 1. The van der Waals surface area contributed by atoms with Crippen molar-refractivity contribution < 1.29 is 9.53 Å². The molecule has 5 heteroatoms. The number of benzene rings is 1. The molecule has 2 heterocycles. The minimum Gasteiger partial charge on any atom is -0.378 e. The molecule has 0 radical (unpaired) electrons. The van der Waals surface area contributed by atoms with E-state index in [0.29, 0.717) is 13.0 Å². The monoisotopic (exact) mass is 261 g/mol. The zero-order valence-corrected chi connectivity index (χ0v) is 10.9. The van der Waals surface area contributed by atoms with Crippen molar-refractivity contribution in [3.63, 3.8) is 0 Å². The number of ether oxygens (including phenoxy) is 1. The lowest BCUT2D eigenvalue weighted by atomic mass is 10.2. The van der Waals surface area contributed by atoms with Gasteiger partial charge in [0, 0.05) is 43.5 Å². The minimum atomic E-state index is -0.0357. The quantitative estimate of drug-likeness (QED) is 0.846. The summed E-state index contributed by atoms with van der Waals surface area (Å²) < 4.78 is 5.34. The number of carbonyl (C=O) groups excluding carboxylic acids is 1. The molecule has 1 unspecified atom stereocenters. The van der Waals surface area contributed by atoms with Crippen LogP contribution in [0, 0.1) is 0 Å². The summed E-state index contributed by atoms with van der Waals surface area (Å²) in [5.41, 5.74) is 7.94. The number of hydrogen-bond acceptors (Lipinski definition) is 4. The first-order valence-corrected chi connectivity index (χ1v) is 6.73. The van der Waals surface area contributed by atoms with Crippen LogP contribution < -0.4 is 15.5 Å². The summed E-state index contributed by atoms with van der Waals surface area (Å²) in [6, 6.07) is 8.10. The topological polar surface area (TPSA) is 58.8 Å². The minimum absolute atomic E-state index is 0.0357. The molecular weight excluding hydrogens is 242 g/mol. The molecule has 102 valence electrons. The van der Waals surface area contributed by atoms with Crippen LogP contribution in [0.2, 0.25) is 0 Å². The lowest BCUT2D eigenvalue weighted by Crippen LogP contribution is -2.36. The molecule has 2 saturated heterocycles. The van der Waals surface area contributed by atoms with Gasteiger partial charge in [0.1, 0.15) is 0 Å². The molecular formula is C14H19N3O2. The summed E-state index contributed by atoms with van der Waals surface area (Å²) in [5, 5.41) is 0. The molecule has 0 bridgehead atoms. The van der Waals surface area contributed by atoms with Crippen molar-refractivity contribution in [1.82, 2.24) is 0 Å². The predicted molar refractivity (Wildman–Crippen MR) is 74.4 cm³/mol. The maximum absolute atomic E-state index is 11.8. The lowest BCUT2D eigenvalue weighted by molar-refractivity contribution is -0.117. The molecule has 0 aromatic heterocycles. The maximum Gasteiger partial charge on any atom is 0.228 e. The Morgan fingerprint density at radius 3 is 2.32 bits per heavy atom. The number of rotatable bonds is 2. The zero-order valence-electron chi connectivity index (χ0n) is 10.9. The van der Waals surface area contributed by atoms with E-state index >= 15 is 0 Å². The smallest absolute Gasteiger partial charge is 0.228 e. The Labute approximate surface area is 112 Å².